The molecule has 0 aromatic heterocycles. The fraction of sp³-hybridized carbons (Fsp3) is 0.364. The van der Waals surface area contributed by atoms with Gasteiger partial charge in [0.1, 0.15) is 17.4 Å². The number of alkyl carbamates (subject to hydrolysis) is 1. The molecule has 0 bridgehead atoms. The molecule has 29 heavy (non-hydrogen) atoms. The van der Waals surface area contributed by atoms with E-state index >= 15 is 0 Å². The van der Waals surface area contributed by atoms with E-state index in [9.17, 15) is 9.59 Å². The number of hydrogen-bond donors (Lipinski definition) is 2. The van der Waals surface area contributed by atoms with E-state index in [-0.39, 0.29) is 11.9 Å². The molecule has 0 fully saturated rings. The first kappa shape index (κ1) is 22.6. The maximum atomic E-state index is 13.0. The van der Waals surface area contributed by atoms with Crippen molar-refractivity contribution in [1.29, 1.82) is 0 Å². The summed E-state index contributed by atoms with van der Waals surface area (Å²) < 4.78 is 10.5. The highest BCUT2D eigenvalue weighted by Crippen LogP contribution is 2.22. The standard InChI is InChI=1S/C22H27ClN2O4/c1-14(15-9-11-18(28-5)12-10-15)24-20(26)19(16-7-6-8-17(23)13-16)25-21(27)29-22(2,3)4/h6-14,19H,1-5H3,(H,24,26)(H,25,27)/t14-,19-/m1/s1. The van der Waals surface area contributed by atoms with Gasteiger partial charge in [0.05, 0.1) is 13.2 Å². The third-order valence-corrected chi connectivity index (χ3v) is 4.31. The van der Waals surface area contributed by atoms with Crippen molar-refractivity contribution in [1.82, 2.24) is 10.6 Å². The fourth-order valence-corrected chi connectivity index (χ4v) is 2.88. The Balaban J connectivity index is 2.19. The summed E-state index contributed by atoms with van der Waals surface area (Å²) in [4.78, 5) is 25.3. The lowest BCUT2D eigenvalue weighted by atomic mass is 10.0. The Bertz CT molecular complexity index is 847. The predicted octanol–water partition coefficient (Wildman–Crippen LogP) is 4.79. The van der Waals surface area contributed by atoms with Crippen molar-refractivity contribution in [3.63, 3.8) is 0 Å². The molecule has 0 aliphatic heterocycles. The van der Waals surface area contributed by atoms with Gasteiger partial charge in [-0.05, 0) is 63.1 Å². The van der Waals surface area contributed by atoms with Crippen LogP contribution in [0, 0.1) is 0 Å². The molecule has 7 heteroatoms. The molecule has 0 saturated heterocycles. The number of carbonyl (C=O) groups excluding carboxylic acids is 2. The summed E-state index contributed by atoms with van der Waals surface area (Å²) in [7, 11) is 1.60. The first-order valence-electron chi connectivity index (χ1n) is 9.28. The number of methoxy groups -OCH3 is 1. The number of amides is 2. The molecule has 0 radical (unpaired) electrons. The molecule has 2 atom stereocenters. The SMILES string of the molecule is COc1ccc([C@@H](C)NC(=O)[C@H](NC(=O)OC(C)(C)C)c2cccc(Cl)c2)cc1. The molecule has 0 aliphatic carbocycles. The molecule has 2 N–H and O–H groups in total. The molecular formula is C22H27ClN2O4. The highest BCUT2D eigenvalue weighted by atomic mass is 35.5. The van der Waals surface area contributed by atoms with E-state index in [0.29, 0.717) is 10.6 Å². The van der Waals surface area contributed by atoms with Gasteiger partial charge in [0.25, 0.3) is 0 Å². The Labute approximate surface area is 176 Å². The lowest BCUT2D eigenvalue weighted by Gasteiger charge is -2.25. The predicted molar refractivity (Wildman–Crippen MR) is 113 cm³/mol. The number of benzene rings is 2. The van der Waals surface area contributed by atoms with Gasteiger partial charge in [0.2, 0.25) is 5.91 Å². The van der Waals surface area contributed by atoms with Crippen LogP contribution in [0.4, 0.5) is 4.79 Å². The van der Waals surface area contributed by atoms with Crippen molar-refractivity contribution in [3.8, 4) is 5.75 Å². The summed E-state index contributed by atoms with van der Waals surface area (Å²) in [6.45, 7) is 7.13. The number of rotatable bonds is 6. The summed E-state index contributed by atoms with van der Waals surface area (Å²) in [6, 6.07) is 13.0. The van der Waals surface area contributed by atoms with Crippen LogP contribution in [0.2, 0.25) is 5.02 Å². The van der Waals surface area contributed by atoms with Gasteiger partial charge in [-0.15, -0.1) is 0 Å². The minimum atomic E-state index is -0.954. The minimum absolute atomic E-state index is 0.282. The summed E-state index contributed by atoms with van der Waals surface area (Å²) in [5, 5.41) is 6.03. The fourth-order valence-electron chi connectivity index (χ4n) is 2.68. The summed E-state index contributed by atoms with van der Waals surface area (Å²) in [5.41, 5.74) is 0.777. The smallest absolute Gasteiger partial charge is 0.408 e. The number of halogens is 1. The van der Waals surface area contributed by atoms with E-state index in [0.717, 1.165) is 11.3 Å². The van der Waals surface area contributed by atoms with Gasteiger partial charge in [-0.2, -0.15) is 0 Å². The molecule has 0 aliphatic rings. The Morgan fingerprint density at radius 2 is 1.66 bits per heavy atom. The number of ether oxygens (including phenoxy) is 2. The van der Waals surface area contributed by atoms with Gasteiger partial charge in [-0.3, -0.25) is 4.79 Å². The molecule has 0 saturated carbocycles. The van der Waals surface area contributed by atoms with E-state index in [1.54, 1.807) is 52.1 Å². The molecule has 2 aromatic rings. The molecular weight excluding hydrogens is 392 g/mol. The zero-order valence-electron chi connectivity index (χ0n) is 17.3. The van der Waals surface area contributed by atoms with Crippen LogP contribution < -0.4 is 15.4 Å². The highest BCUT2D eigenvalue weighted by molar-refractivity contribution is 6.30. The zero-order chi connectivity index (χ0) is 21.6. The van der Waals surface area contributed by atoms with Crippen LogP contribution >= 0.6 is 11.6 Å². The Morgan fingerprint density at radius 1 is 1.00 bits per heavy atom. The monoisotopic (exact) mass is 418 g/mol. The quantitative estimate of drug-likeness (QED) is 0.706. The van der Waals surface area contributed by atoms with Crippen molar-refractivity contribution >= 4 is 23.6 Å². The molecule has 6 nitrogen and oxygen atoms in total. The summed E-state index contributed by atoms with van der Waals surface area (Å²) >= 11 is 6.08. The molecule has 2 rings (SSSR count). The van der Waals surface area contributed by atoms with Gasteiger partial charge in [0.15, 0.2) is 0 Å². The van der Waals surface area contributed by atoms with E-state index in [1.807, 2.05) is 31.2 Å². The average molecular weight is 419 g/mol. The van der Waals surface area contributed by atoms with Crippen LogP contribution in [0.25, 0.3) is 0 Å². The second kappa shape index (κ2) is 9.65. The van der Waals surface area contributed by atoms with Crippen molar-refractivity contribution in [3.05, 3.63) is 64.7 Å². The van der Waals surface area contributed by atoms with Crippen molar-refractivity contribution < 1.29 is 19.1 Å². The highest BCUT2D eigenvalue weighted by Gasteiger charge is 2.27. The topological polar surface area (TPSA) is 76.7 Å². The van der Waals surface area contributed by atoms with Crippen LogP contribution in [0.15, 0.2) is 48.5 Å². The lowest BCUT2D eigenvalue weighted by molar-refractivity contribution is -0.124. The van der Waals surface area contributed by atoms with Gasteiger partial charge < -0.3 is 20.1 Å². The number of carbonyl (C=O) groups is 2. The largest absolute Gasteiger partial charge is 0.497 e. The van der Waals surface area contributed by atoms with Gasteiger partial charge in [0, 0.05) is 5.02 Å². The Hall–Kier alpha value is -2.73. The minimum Gasteiger partial charge on any atom is -0.497 e. The summed E-state index contributed by atoms with van der Waals surface area (Å²) in [6.07, 6.45) is -0.685. The third-order valence-electron chi connectivity index (χ3n) is 4.08. The van der Waals surface area contributed by atoms with Gasteiger partial charge in [-0.1, -0.05) is 35.9 Å². The van der Waals surface area contributed by atoms with Crippen molar-refractivity contribution in [2.24, 2.45) is 0 Å². The second-order valence-electron chi connectivity index (χ2n) is 7.64. The number of hydrogen-bond acceptors (Lipinski definition) is 4. The van der Waals surface area contributed by atoms with Crippen molar-refractivity contribution in [2.75, 3.05) is 7.11 Å². The first-order chi connectivity index (χ1) is 13.6. The Kier molecular flexibility index (Phi) is 7.51. The lowest BCUT2D eigenvalue weighted by Crippen LogP contribution is -2.43. The third kappa shape index (κ3) is 6.98. The van der Waals surface area contributed by atoms with Crippen LogP contribution in [-0.4, -0.2) is 24.7 Å². The zero-order valence-corrected chi connectivity index (χ0v) is 18.0. The number of nitrogens with one attached hydrogen (secondary N) is 2. The van der Waals surface area contributed by atoms with E-state index in [4.69, 9.17) is 21.1 Å². The normalized spacial score (nSPS) is 13.2. The first-order valence-corrected chi connectivity index (χ1v) is 9.66. The van der Waals surface area contributed by atoms with Crippen LogP contribution in [-0.2, 0) is 9.53 Å². The molecule has 156 valence electrons. The second-order valence-corrected chi connectivity index (χ2v) is 8.07. The van der Waals surface area contributed by atoms with Crippen LogP contribution in [0.3, 0.4) is 0 Å². The maximum Gasteiger partial charge on any atom is 0.408 e. The van der Waals surface area contributed by atoms with Crippen molar-refractivity contribution in [2.45, 2.75) is 45.4 Å². The molecule has 0 heterocycles. The Morgan fingerprint density at radius 3 is 2.21 bits per heavy atom. The van der Waals surface area contributed by atoms with E-state index < -0.39 is 17.7 Å². The van der Waals surface area contributed by atoms with E-state index in [1.165, 1.54) is 0 Å². The molecule has 2 amide bonds. The molecule has 0 spiro atoms. The van der Waals surface area contributed by atoms with Crippen LogP contribution in [0.5, 0.6) is 5.75 Å². The molecule has 0 unspecified atom stereocenters. The van der Waals surface area contributed by atoms with Gasteiger partial charge >= 0.3 is 6.09 Å². The average Bonchev–Trinajstić information content (AvgIpc) is 2.64. The van der Waals surface area contributed by atoms with Crippen LogP contribution in [0.1, 0.15) is 50.9 Å². The summed E-state index contributed by atoms with van der Waals surface area (Å²) in [5.74, 6) is 0.358. The maximum absolute atomic E-state index is 13.0. The van der Waals surface area contributed by atoms with E-state index in [2.05, 4.69) is 10.6 Å². The molecule has 2 aromatic carbocycles. The van der Waals surface area contributed by atoms with Gasteiger partial charge in [-0.25, -0.2) is 4.79 Å².